The Balaban J connectivity index is 1.75. The monoisotopic (exact) mass is 243 g/mol. The first-order valence-electron chi connectivity index (χ1n) is 6.09. The maximum absolute atomic E-state index is 11.8. The van der Waals surface area contributed by atoms with E-state index >= 15 is 0 Å². The normalized spacial score (nSPS) is 10.3. The van der Waals surface area contributed by atoms with Crippen LogP contribution in [0, 0.1) is 6.92 Å². The molecule has 0 saturated carbocycles. The number of carbonyl (C=O) groups is 1. The standard InChI is InChI=1S/C14H17N3O/c1-11-4-2-5-12(10-11)14(18)17-7-3-6-13-15-8-9-16-13/h2,4-5,8-10H,3,6-7H2,1H3,(H,15,16)(H,17,18). The van der Waals surface area contributed by atoms with Crippen LogP contribution in [0.15, 0.2) is 36.7 Å². The number of amides is 1. The molecule has 1 aromatic carbocycles. The highest BCUT2D eigenvalue weighted by Crippen LogP contribution is 2.03. The number of rotatable bonds is 5. The summed E-state index contributed by atoms with van der Waals surface area (Å²) >= 11 is 0. The lowest BCUT2D eigenvalue weighted by Gasteiger charge is -2.05. The van der Waals surface area contributed by atoms with E-state index in [2.05, 4.69) is 15.3 Å². The van der Waals surface area contributed by atoms with E-state index < -0.39 is 0 Å². The van der Waals surface area contributed by atoms with Gasteiger partial charge < -0.3 is 10.3 Å². The van der Waals surface area contributed by atoms with Gasteiger partial charge in [0.2, 0.25) is 0 Å². The quantitative estimate of drug-likeness (QED) is 0.790. The lowest BCUT2D eigenvalue weighted by molar-refractivity contribution is 0.0953. The third-order valence-electron chi connectivity index (χ3n) is 2.71. The van der Waals surface area contributed by atoms with Crippen LogP contribution in [-0.4, -0.2) is 22.4 Å². The maximum atomic E-state index is 11.8. The Labute approximate surface area is 106 Å². The molecule has 0 spiro atoms. The van der Waals surface area contributed by atoms with Crippen LogP contribution in [-0.2, 0) is 6.42 Å². The van der Waals surface area contributed by atoms with Crippen molar-refractivity contribution >= 4 is 5.91 Å². The van der Waals surface area contributed by atoms with Crippen molar-refractivity contribution in [2.24, 2.45) is 0 Å². The number of aryl methyl sites for hydroxylation is 2. The first-order valence-corrected chi connectivity index (χ1v) is 6.09. The molecule has 1 amide bonds. The molecule has 2 N–H and O–H groups in total. The summed E-state index contributed by atoms with van der Waals surface area (Å²) in [6.45, 7) is 2.64. The Morgan fingerprint density at radius 1 is 1.44 bits per heavy atom. The van der Waals surface area contributed by atoms with Crippen LogP contribution in [0.1, 0.15) is 28.2 Å². The molecule has 2 rings (SSSR count). The molecule has 0 radical (unpaired) electrons. The molecule has 0 aliphatic heterocycles. The summed E-state index contributed by atoms with van der Waals surface area (Å²) in [6, 6.07) is 7.59. The lowest BCUT2D eigenvalue weighted by atomic mass is 10.1. The third-order valence-corrected chi connectivity index (χ3v) is 2.71. The van der Waals surface area contributed by atoms with Crippen molar-refractivity contribution in [2.45, 2.75) is 19.8 Å². The first kappa shape index (κ1) is 12.4. The van der Waals surface area contributed by atoms with Crippen LogP contribution in [0.3, 0.4) is 0 Å². The number of carbonyl (C=O) groups excluding carboxylic acids is 1. The summed E-state index contributed by atoms with van der Waals surface area (Å²) in [5.41, 5.74) is 1.81. The minimum absolute atomic E-state index is 0.0156. The second-order valence-electron chi connectivity index (χ2n) is 4.26. The largest absolute Gasteiger partial charge is 0.352 e. The van der Waals surface area contributed by atoms with Gasteiger partial charge in [-0.1, -0.05) is 17.7 Å². The fourth-order valence-corrected chi connectivity index (χ4v) is 1.78. The zero-order valence-electron chi connectivity index (χ0n) is 10.4. The smallest absolute Gasteiger partial charge is 0.251 e. The highest BCUT2D eigenvalue weighted by Gasteiger charge is 2.04. The van der Waals surface area contributed by atoms with Crippen molar-refractivity contribution in [3.63, 3.8) is 0 Å². The van der Waals surface area contributed by atoms with Gasteiger partial charge in [-0.2, -0.15) is 0 Å². The Morgan fingerprint density at radius 2 is 2.33 bits per heavy atom. The van der Waals surface area contributed by atoms with E-state index in [1.54, 1.807) is 12.4 Å². The summed E-state index contributed by atoms with van der Waals surface area (Å²) < 4.78 is 0. The Kier molecular flexibility index (Phi) is 4.12. The highest BCUT2D eigenvalue weighted by molar-refractivity contribution is 5.94. The van der Waals surface area contributed by atoms with E-state index in [-0.39, 0.29) is 5.91 Å². The second kappa shape index (κ2) is 6.00. The first-order chi connectivity index (χ1) is 8.75. The molecule has 18 heavy (non-hydrogen) atoms. The minimum Gasteiger partial charge on any atom is -0.352 e. The molecular weight excluding hydrogens is 226 g/mol. The van der Waals surface area contributed by atoms with Crippen molar-refractivity contribution in [3.05, 3.63) is 53.6 Å². The number of hydrogen-bond donors (Lipinski definition) is 2. The molecule has 0 saturated heterocycles. The summed E-state index contributed by atoms with van der Waals surface area (Å²) in [5, 5.41) is 2.91. The van der Waals surface area contributed by atoms with Gasteiger partial charge in [0.25, 0.3) is 5.91 Å². The Morgan fingerprint density at radius 3 is 3.06 bits per heavy atom. The predicted molar refractivity (Wildman–Crippen MR) is 70.4 cm³/mol. The number of nitrogens with zero attached hydrogens (tertiary/aromatic N) is 1. The Bertz CT molecular complexity index is 506. The molecule has 2 aromatic rings. The van der Waals surface area contributed by atoms with Crippen LogP contribution in [0.2, 0.25) is 0 Å². The summed E-state index contributed by atoms with van der Waals surface area (Å²) in [6.07, 6.45) is 5.27. The van der Waals surface area contributed by atoms with Crippen LogP contribution in [0.4, 0.5) is 0 Å². The van der Waals surface area contributed by atoms with Crippen LogP contribution >= 0.6 is 0 Å². The molecular formula is C14H17N3O. The third kappa shape index (κ3) is 3.45. The fourth-order valence-electron chi connectivity index (χ4n) is 1.78. The molecule has 1 aromatic heterocycles. The van der Waals surface area contributed by atoms with E-state index in [0.29, 0.717) is 12.1 Å². The molecule has 0 aliphatic carbocycles. The van der Waals surface area contributed by atoms with Gasteiger partial charge >= 0.3 is 0 Å². The van der Waals surface area contributed by atoms with Crippen LogP contribution < -0.4 is 5.32 Å². The van der Waals surface area contributed by atoms with E-state index in [9.17, 15) is 4.79 Å². The molecule has 4 nitrogen and oxygen atoms in total. The van der Waals surface area contributed by atoms with Crippen LogP contribution in [0.5, 0.6) is 0 Å². The van der Waals surface area contributed by atoms with Gasteiger partial charge in [-0.3, -0.25) is 4.79 Å². The van der Waals surface area contributed by atoms with Crippen molar-refractivity contribution in [1.82, 2.24) is 15.3 Å². The molecule has 1 heterocycles. The average Bonchev–Trinajstić information content (AvgIpc) is 2.87. The van der Waals surface area contributed by atoms with Gasteiger partial charge in [0.15, 0.2) is 0 Å². The number of benzene rings is 1. The maximum Gasteiger partial charge on any atom is 0.251 e. The van der Waals surface area contributed by atoms with Gasteiger partial charge in [0.05, 0.1) is 0 Å². The summed E-state index contributed by atoms with van der Waals surface area (Å²) in [4.78, 5) is 19.0. The number of H-pyrrole nitrogens is 1. The molecule has 0 aliphatic rings. The SMILES string of the molecule is Cc1cccc(C(=O)NCCCc2ncc[nH]2)c1. The molecule has 0 atom stereocenters. The topological polar surface area (TPSA) is 57.8 Å². The van der Waals surface area contributed by atoms with Crippen molar-refractivity contribution < 1.29 is 4.79 Å². The Hall–Kier alpha value is -2.10. The van der Waals surface area contributed by atoms with Crippen molar-refractivity contribution in [1.29, 1.82) is 0 Å². The molecule has 94 valence electrons. The number of nitrogens with one attached hydrogen (secondary N) is 2. The van der Waals surface area contributed by atoms with Gasteiger partial charge in [-0.05, 0) is 25.5 Å². The fraction of sp³-hybridized carbons (Fsp3) is 0.286. The van der Waals surface area contributed by atoms with E-state index in [0.717, 1.165) is 24.2 Å². The van der Waals surface area contributed by atoms with E-state index in [4.69, 9.17) is 0 Å². The zero-order valence-corrected chi connectivity index (χ0v) is 10.4. The predicted octanol–water partition coefficient (Wildman–Crippen LogP) is 2.08. The number of hydrogen-bond acceptors (Lipinski definition) is 2. The van der Waals surface area contributed by atoms with Crippen LogP contribution in [0.25, 0.3) is 0 Å². The van der Waals surface area contributed by atoms with Gasteiger partial charge in [-0.25, -0.2) is 4.98 Å². The summed E-state index contributed by atoms with van der Waals surface area (Å²) in [7, 11) is 0. The van der Waals surface area contributed by atoms with Gasteiger partial charge in [0.1, 0.15) is 5.82 Å². The average molecular weight is 243 g/mol. The zero-order chi connectivity index (χ0) is 12.8. The molecule has 0 fully saturated rings. The second-order valence-corrected chi connectivity index (χ2v) is 4.26. The highest BCUT2D eigenvalue weighted by atomic mass is 16.1. The van der Waals surface area contributed by atoms with Crippen molar-refractivity contribution in [3.8, 4) is 0 Å². The lowest BCUT2D eigenvalue weighted by Crippen LogP contribution is -2.24. The minimum atomic E-state index is -0.0156. The molecule has 0 unspecified atom stereocenters. The number of aromatic nitrogens is 2. The van der Waals surface area contributed by atoms with E-state index in [1.165, 1.54) is 0 Å². The van der Waals surface area contributed by atoms with Crippen molar-refractivity contribution in [2.75, 3.05) is 6.54 Å². The number of aromatic amines is 1. The molecule has 0 bridgehead atoms. The van der Waals surface area contributed by atoms with Gasteiger partial charge in [-0.15, -0.1) is 0 Å². The molecule has 4 heteroatoms. The number of imidazole rings is 1. The summed E-state index contributed by atoms with van der Waals surface area (Å²) in [5.74, 6) is 0.943. The van der Waals surface area contributed by atoms with E-state index in [1.807, 2.05) is 31.2 Å². The van der Waals surface area contributed by atoms with Gasteiger partial charge in [0, 0.05) is 30.9 Å².